The molecule has 3 heterocycles. The number of aromatic nitrogens is 1. The van der Waals surface area contributed by atoms with Crippen LogP contribution in [0.1, 0.15) is 33.1 Å². The van der Waals surface area contributed by atoms with Crippen LogP contribution in [-0.2, 0) is 22.7 Å². The topological polar surface area (TPSA) is 92.8 Å². The number of benzene rings is 1. The molecule has 1 saturated heterocycles. The van der Waals surface area contributed by atoms with E-state index in [1.165, 1.54) is 6.26 Å². The molecule has 4 amide bonds. The number of hydrogen-bond acceptors (Lipinski definition) is 5. The van der Waals surface area contributed by atoms with E-state index in [2.05, 4.69) is 0 Å². The molecule has 1 fully saturated rings. The van der Waals surface area contributed by atoms with Gasteiger partial charge in [-0.3, -0.25) is 14.4 Å². The number of carbonyl (C=O) groups excluding carboxylic acids is 4. The quantitative estimate of drug-likeness (QED) is 0.334. The van der Waals surface area contributed by atoms with E-state index in [9.17, 15) is 19.2 Å². The maximum Gasteiger partial charge on any atom is 0.335 e. The second-order valence-electron chi connectivity index (χ2n) is 7.42. The first-order chi connectivity index (χ1) is 14.9. The Morgan fingerprint density at radius 2 is 1.61 bits per heavy atom. The van der Waals surface area contributed by atoms with E-state index in [0.29, 0.717) is 22.8 Å². The predicted molar refractivity (Wildman–Crippen MR) is 110 cm³/mol. The normalized spacial score (nSPS) is 14.1. The Morgan fingerprint density at radius 3 is 2.29 bits per heavy atom. The number of nitrogens with zero attached hydrogens (tertiary/aromatic N) is 3. The number of hydrogen-bond donors (Lipinski definition) is 0. The molecule has 2 aromatic heterocycles. The first kappa shape index (κ1) is 20.3. The van der Waals surface area contributed by atoms with Crippen molar-refractivity contribution in [3.05, 3.63) is 83.1 Å². The van der Waals surface area contributed by atoms with Gasteiger partial charge in [-0.15, -0.1) is 0 Å². The van der Waals surface area contributed by atoms with Crippen molar-refractivity contribution in [1.82, 2.24) is 14.4 Å². The fraction of sp³-hybridized carbons (Fsp3) is 0.217. The third kappa shape index (κ3) is 3.79. The molecule has 158 valence electrons. The van der Waals surface area contributed by atoms with Gasteiger partial charge in [0.1, 0.15) is 5.76 Å². The summed E-state index contributed by atoms with van der Waals surface area (Å²) in [4.78, 5) is 51.7. The molecule has 3 aromatic rings. The maximum atomic E-state index is 13.0. The van der Waals surface area contributed by atoms with Crippen LogP contribution in [0, 0.1) is 13.8 Å². The lowest BCUT2D eigenvalue weighted by atomic mass is 10.1. The number of carbonyl (C=O) groups is 4. The van der Waals surface area contributed by atoms with Crippen molar-refractivity contribution in [2.24, 2.45) is 0 Å². The summed E-state index contributed by atoms with van der Waals surface area (Å²) in [6.07, 6.45) is 1.41. The van der Waals surface area contributed by atoms with Crippen LogP contribution in [-0.4, -0.2) is 44.5 Å². The lowest BCUT2D eigenvalue weighted by Crippen LogP contribution is -2.37. The molecule has 0 bridgehead atoms. The first-order valence-corrected chi connectivity index (χ1v) is 9.80. The monoisotopic (exact) mass is 419 g/mol. The van der Waals surface area contributed by atoms with E-state index in [1.54, 1.807) is 18.2 Å². The first-order valence-electron chi connectivity index (χ1n) is 9.80. The number of urea groups is 1. The second-order valence-corrected chi connectivity index (χ2v) is 7.42. The van der Waals surface area contributed by atoms with Gasteiger partial charge >= 0.3 is 17.8 Å². The Labute approximate surface area is 178 Å². The summed E-state index contributed by atoms with van der Waals surface area (Å²) < 4.78 is 7.15. The van der Waals surface area contributed by atoms with Crippen LogP contribution in [0.3, 0.4) is 0 Å². The zero-order valence-corrected chi connectivity index (χ0v) is 17.2. The molecule has 0 atom stereocenters. The lowest BCUT2D eigenvalue weighted by Gasteiger charge is -2.14. The molecule has 1 aromatic carbocycles. The summed E-state index contributed by atoms with van der Waals surface area (Å²) >= 11 is 0. The molecule has 31 heavy (non-hydrogen) atoms. The third-order valence-corrected chi connectivity index (χ3v) is 5.39. The van der Waals surface area contributed by atoms with Gasteiger partial charge in [0.25, 0.3) is 0 Å². The average molecular weight is 419 g/mol. The van der Waals surface area contributed by atoms with E-state index in [1.807, 2.05) is 48.7 Å². The van der Waals surface area contributed by atoms with Gasteiger partial charge < -0.3 is 8.98 Å². The Kier molecular flexibility index (Phi) is 5.29. The van der Waals surface area contributed by atoms with Crippen molar-refractivity contribution in [3.63, 3.8) is 0 Å². The molecular formula is C23H21N3O5. The SMILES string of the molecule is Cc1cc(C(=O)CN2C(=O)C(=O)N(Cc3ccco3)C2=O)c(C)n1Cc1ccccc1. The second kappa shape index (κ2) is 8.06. The summed E-state index contributed by atoms with van der Waals surface area (Å²) in [5.41, 5.74) is 3.14. The molecule has 1 aliphatic heterocycles. The Morgan fingerprint density at radius 1 is 0.903 bits per heavy atom. The van der Waals surface area contributed by atoms with E-state index < -0.39 is 30.2 Å². The minimum absolute atomic E-state index is 0.160. The minimum Gasteiger partial charge on any atom is -0.467 e. The van der Waals surface area contributed by atoms with Gasteiger partial charge in [0.05, 0.1) is 19.4 Å². The number of aryl methyl sites for hydroxylation is 1. The highest BCUT2D eigenvalue weighted by molar-refractivity contribution is 6.45. The van der Waals surface area contributed by atoms with Crippen LogP contribution in [0.15, 0.2) is 59.2 Å². The van der Waals surface area contributed by atoms with Gasteiger partial charge in [0.15, 0.2) is 5.78 Å². The van der Waals surface area contributed by atoms with Crippen LogP contribution in [0.2, 0.25) is 0 Å². The fourth-order valence-corrected chi connectivity index (χ4v) is 3.71. The third-order valence-electron chi connectivity index (χ3n) is 5.39. The molecule has 0 radical (unpaired) electrons. The predicted octanol–water partition coefficient (Wildman–Crippen LogP) is 2.92. The lowest BCUT2D eigenvalue weighted by molar-refractivity contribution is -0.143. The highest BCUT2D eigenvalue weighted by atomic mass is 16.3. The van der Waals surface area contributed by atoms with E-state index in [0.717, 1.165) is 21.9 Å². The molecule has 0 saturated carbocycles. The van der Waals surface area contributed by atoms with Gasteiger partial charge in [-0.1, -0.05) is 30.3 Å². The van der Waals surface area contributed by atoms with E-state index >= 15 is 0 Å². The highest BCUT2D eigenvalue weighted by Crippen LogP contribution is 2.21. The summed E-state index contributed by atoms with van der Waals surface area (Å²) in [5.74, 6) is -2.01. The van der Waals surface area contributed by atoms with Crippen LogP contribution in [0.5, 0.6) is 0 Å². The van der Waals surface area contributed by atoms with Crippen molar-refractivity contribution in [1.29, 1.82) is 0 Å². The van der Waals surface area contributed by atoms with Crippen molar-refractivity contribution in [2.75, 3.05) is 6.54 Å². The number of imide groups is 2. The molecular weight excluding hydrogens is 398 g/mol. The standard InChI is InChI=1S/C23H21N3O5/c1-15-11-19(16(2)24(15)12-17-7-4-3-5-8-17)20(27)14-26-22(29)21(28)25(23(26)30)13-18-9-6-10-31-18/h3-11H,12-14H2,1-2H3. The van der Waals surface area contributed by atoms with Gasteiger partial charge in [0, 0.05) is 23.5 Å². The summed E-state index contributed by atoms with van der Waals surface area (Å²) in [7, 11) is 0. The number of rotatable bonds is 7. The molecule has 1 aliphatic rings. The number of amides is 4. The number of ketones is 1. The van der Waals surface area contributed by atoms with Gasteiger partial charge in [-0.05, 0) is 37.6 Å². The number of Topliss-reactive ketones (excluding diaryl/α,β-unsaturated/α-hetero) is 1. The largest absolute Gasteiger partial charge is 0.467 e. The van der Waals surface area contributed by atoms with Crippen LogP contribution >= 0.6 is 0 Å². The molecule has 8 nitrogen and oxygen atoms in total. The molecule has 8 heteroatoms. The zero-order valence-electron chi connectivity index (χ0n) is 17.2. The van der Waals surface area contributed by atoms with Gasteiger partial charge in [0.2, 0.25) is 0 Å². The average Bonchev–Trinajstić information content (AvgIpc) is 3.43. The Balaban J connectivity index is 1.51. The zero-order chi connectivity index (χ0) is 22.1. The van der Waals surface area contributed by atoms with Crippen LogP contribution < -0.4 is 0 Å². The minimum atomic E-state index is -1.01. The molecule has 0 aliphatic carbocycles. The van der Waals surface area contributed by atoms with Crippen molar-refractivity contribution in [2.45, 2.75) is 26.9 Å². The highest BCUT2D eigenvalue weighted by Gasteiger charge is 2.45. The van der Waals surface area contributed by atoms with Crippen molar-refractivity contribution >= 4 is 23.6 Å². The van der Waals surface area contributed by atoms with Gasteiger partial charge in [-0.2, -0.15) is 0 Å². The smallest absolute Gasteiger partial charge is 0.335 e. The fourth-order valence-electron chi connectivity index (χ4n) is 3.71. The van der Waals surface area contributed by atoms with Crippen LogP contribution in [0.25, 0.3) is 0 Å². The van der Waals surface area contributed by atoms with E-state index in [4.69, 9.17) is 4.42 Å². The Hall–Kier alpha value is -3.94. The van der Waals surface area contributed by atoms with Gasteiger partial charge in [-0.25, -0.2) is 14.6 Å². The molecule has 4 rings (SSSR count). The molecule has 0 unspecified atom stereocenters. The van der Waals surface area contributed by atoms with E-state index in [-0.39, 0.29) is 6.54 Å². The summed E-state index contributed by atoms with van der Waals surface area (Å²) in [6.45, 7) is 3.67. The summed E-state index contributed by atoms with van der Waals surface area (Å²) in [5, 5.41) is 0. The number of furan rings is 1. The molecule has 0 N–H and O–H groups in total. The maximum absolute atomic E-state index is 13.0. The molecule has 0 spiro atoms. The van der Waals surface area contributed by atoms with Crippen molar-refractivity contribution < 1.29 is 23.6 Å². The van der Waals surface area contributed by atoms with Crippen molar-refractivity contribution in [3.8, 4) is 0 Å². The van der Waals surface area contributed by atoms with Crippen LogP contribution in [0.4, 0.5) is 4.79 Å². The summed E-state index contributed by atoms with van der Waals surface area (Å²) in [6, 6.07) is 14.0. The Bertz CT molecular complexity index is 1160.